The van der Waals surface area contributed by atoms with Gasteiger partial charge < -0.3 is 0 Å². The maximum atomic E-state index is 10.4. The Kier molecular flexibility index (Phi) is 2.98. The Bertz CT molecular complexity index is 428. The summed E-state index contributed by atoms with van der Waals surface area (Å²) in [5.74, 6) is 0. The van der Waals surface area contributed by atoms with Crippen molar-refractivity contribution in [1.29, 1.82) is 0 Å². The maximum absolute atomic E-state index is 10.4. The van der Waals surface area contributed by atoms with Crippen LogP contribution in [0.5, 0.6) is 0 Å². The maximum Gasteiger partial charge on any atom is 0.168 e. The highest BCUT2D eigenvalue weighted by Crippen LogP contribution is 2.11. The number of nitrogens with zero attached hydrogens (tertiary/aromatic N) is 1. The minimum absolute atomic E-state index is 0. The van der Waals surface area contributed by atoms with Crippen molar-refractivity contribution in [3.05, 3.63) is 42.2 Å². The molecule has 13 heavy (non-hydrogen) atoms. The zero-order chi connectivity index (χ0) is 8.39. The van der Waals surface area contributed by atoms with Crippen LogP contribution in [0.1, 0.15) is 10.5 Å². The highest BCUT2D eigenvalue weighted by molar-refractivity contribution is 5.86. The molecular formula is C10H8ClNO. The van der Waals surface area contributed by atoms with Gasteiger partial charge in [-0.1, -0.05) is 24.3 Å². The SMILES string of the molecule is Cl.O=Cc1cc2ccccc2cn1. The van der Waals surface area contributed by atoms with Crippen LogP contribution < -0.4 is 0 Å². The van der Waals surface area contributed by atoms with Crippen molar-refractivity contribution in [3.63, 3.8) is 0 Å². The minimum Gasteiger partial charge on any atom is -0.296 e. The molecule has 1 aromatic carbocycles. The van der Waals surface area contributed by atoms with E-state index in [1.807, 2.05) is 24.3 Å². The smallest absolute Gasteiger partial charge is 0.168 e. The molecule has 2 nitrogen and oxygen atoms in total. The van der Waals surface area contributed by atoms with Gasteiger partial charge in [-0.15, -0.1) is 12.4 Å². The summed E-state index contributed by atoms with van der Waals surface area (Å²) < 4.78 is 0. The van der Waals surface area contributed by atoms with Crippen LogP contribution in [0.25, 0.3) is 10.8 Å². The molecule has 0 amide bonds. The molecule has 0 saturated heterocycles. The minimum atomic E-state index is 0. The van der Waals surface area contributed by atoms with Gasteiger partial charge in [-0.2, -0.15) is 0 Å². The number of hydrogen-bond donors (Lipinski definition) is 0. The second kappa shape index (κ2) is 4.01. The molecule has 0 aliphatic carbocycles. The Hall–Kier alpha value is -1.41. The fraction of sp³-hybridized carbons (Fsp3) is 0. The Morgan fingerprint density at radius 3 is 2.54 bits per heavy atom. The van der Waals surface area contributed by atoms with Crippen molar-refractivity contribution in [1.82, 2.24) is 4.98 Å². The first kappa shape index (κ1) is 9.68. The van der Waals surface area contributed by atoms with Crippen LogP contribution in [0.4, 0.5) is 0 Å². The lowest BCUT2D eigenvalue weighted by molar-refractivity contribution is 0.111. The summed E-state index contributed by atoms with van der Waals surface area (Å²) in [5, 5.41) is 2.11. The molecule has 0 atom stereocenters. The van der Waals surface area contributed by atoms with Gasteiger partial charge in [-0.05, 0) is 11.5 Å². The number of carbonyl (C=O) groups excluding carboxylic acids is 1. The fourth-order valence-electron chi connectivity index (χ4n) is 1.17. The molecular weight excluding hydrogens is 186 g/mol. The van der Waals surface area contributed by atoms with Gasteiger partial charge >= 0.3 is 0 Å². The lowest BCUT2D eigenvalue weighted by Gasteiger charge is -1.95. The highest BCUT2D eigenvalue weighted by Gasteiger charge is 1.94. The number of pyridine rings is 1. The van der Waals surface area contributed by atoms with Crippen molar-refractivity contribution in [2.24, 2.45) is 0 Å². The molecule has 0 spiro atoms. The third-order valence-electron chi connectivity index (χ3n) is 1.77. The Labute approximate surface area is 82.0 Å². The first-order chi connectivity index (χ1) is 5.90. The summed E-state index contributed by atoms with van der Waals surface area (Å²) in [7, 11) is 0. The van der Waals surface area contributed by atoms with Crippen LogP contribution in [0.2, 0.25) is 0 Å². The van der Waals surface area contributed by atoms with Crippen LogP contribution in [-0.2, 0) is 0 Å². The van der Waals surface area contributed by atoms with Gasteiger partial charge in [0.1, 0.15) is 5.69 Å². The Balaban J connectivity index is 0.000000845. The summed E-state index contributed by atoms with van der Waals surface area (Å²) in [6.07, 6.45) is 2.46. The molecule has 1 aromatic heterocycles. The number of benzene rings is 1. The third-order valence-corrected chi connectivity index (χ3v) is 1.77. The zero-order valence-corrected chi connectivity index (χ0v) is 7.62. The van der Waals surface area contributed by atoms with E-state index in [1.165, 1.54) is 0 Å². The predicted octanol–water partition coefficient (Wildman–Crippen LogP) is 2.47. The van der Waals surface area contributed by atoms with Crippen molar-refractivity contribution in [2.75, 3.05) is 0 Å². The van der Waals surface area contributed by atoms with Crippen LogP contribution in [-0.4, -0.2) is 11.3 Å². The summed E-state index contributed by atoms with van der Waals surface area (Å²) in [6, 6.07) is 9.60. The average Bonchev–Trinajstić information content (AvgIpc) is 2.17. The molecule has 0 unspecified atom stereocenters. The van der Waals surface area contributed by atoms with Gasteiger partial charge in [-0.3, -0.25) is 9.78 Å². The third kappa shape index (κ3) is 1.84. The molecule has 0 aliphatic rings. The molecule has 0 N–H and O–H groups in total. The number of hydrogen-bond acceptors (Lipinski definition) is 2. The van der Waals surface area contributed by atoms with E-state index in [-0.39, 0.29) is 12.4 Å². The van der Waals surface area contributed by atoms with Crippen LogP contribution >= 0.6 is 12.4 Å². The quantitative estimate of drug-likeness (QED) is 0.652. The van der Waals surface area contributed by atoms with Crippen LogP contribution in [0, 0.1) is 0 Å². The van der Waals surface area contributed by atoms with Gasteiger partial charge in [0.2, 0.25) is 0 Å². The number of carbonyl (C=O) groups is 1. The van der Waals surface area contributed by atoms with Gasteiger partial charge in [0, 0.05) is 11.6 Å². The molecule has 3 heteroatoms. The molecule has 2 aromatic rings. The van der Waals surface area contributed by atoms with Crippen molar-refractivity contribution >= 4 is 29.5 Å². The van der Waals surface area contributed by atoms with E-state index < -0.39 is 0 Å². The summed E-state index contributed by atoms with van der Waals surface area (Å²) in [4.78, 5) is 14.3. The van der Waals surface area contributed by atoms with Crippen molar-refractivity contribution in [3.8, 4) is 0 Å². The molecule has 66 valence electrons. The zero-order valence-electron chi connectivity index (χ0n) is 6.81. The molecule has 1 heterocycles. The van der Waals surface area contributed by atoms with E-state index in [1.54, 1.807) is 12.3 Å². The fourth-order valence-corrected chi connectivity index (χ4v) is 1.17. The van der Waals surface area contributed by atoms with E-state index in [0.29, 0.717) is 5.69 Å². The molecule has 0 radical (unpaired) electrons. The lowest BCUT2D eigenvalue weighted by Crippen LogP contribution is -1.84. The van der Waals surface area contributed by atoms with E-state index in [9.17, 15) is 4.79 Å². The second-order valence-corrected chi connectivity index (χ2v) is 2.57. The van der Waals surface area contributed by atoms with Gasteiger partial charge in [0.25, 0.3) is 0 Å². The van der Waals surface area contributed by atoms with Crippen molar-refractivity contribution in [2.45, 2.75) is 0 Å². The summed E-state index contributed by atoms with van der Waals surface area (Å²) in [6.45, 7) is 0. The van der Waals surface area contributed by atoms with Crippen LogP contribution in [0.15, 0.2) is 36.5 Å². The topological polar surface area (TPSA) is 30.0 Å². The molecule has 0 bridgehead atoms. The highest BCUT2D eigenvalue weighted by atomic mass is 35.5. The normalized spacial score (nSPS) is 9.23. The average molecular weight is 194 g/mol. The number of aldehydes is 1. The Morgan fingerprint density at radius 2 is 1.85 bits per heavy atom. The number of halogens is 1. The molecule has 0 fully saturated rings. The van der Waals surface area contributed by atoms with Crippen molar-refractivity contribution < 1.29 is 4.79 Å². The Morgan fingerprint density at radius 1 is 1.15 bits per heavy atom. The van der Waals surface area contributed by atoms with E-state index in [2.05, 4.69) is 4.98 Å². The summed E-state index contributed by atoms with van der Waals surface area (Å²) >= 11 is 0. The number of fused-ring (bicyclic) bond motifs is 1. The molecule has 2 rings (SSSR count). The predicted molar refractivity (Wildman–Crippen MR) is 54.4 cm³/mol. The summed E-state index contributed by atoms with van der Waals surface area (Å²) in [5.41, 5.74) is 0.480. The number of aromatic nitrogens is 1. The van der Waals surface area contributed by atoms with E-state index in [4.69, 9.17) is 0 Å². The molecule has 0 saturated carbocycles. The first-order valence-electron chi connectivity index (χ1n) is 3.70. The monoisotopic (exact) mass is 193 g/mol. The largest absolute Gasteiger partial charge is 0.296 e. The molecule has 0 aliphatic heterocycles. The van der Waals surface area contributed by atoms with Crippen LogP contribution in [0.3, 0.4) is 0 Å². The van der Waals surface area contributed by atoms with E-state index >= 15 is 0 Å². The van der Waals surface area contributed by atoms with Gasteiger partial charge in [0.05, 0.1) is 0 Å². The lowest BCUT2D eigenvalue weighted by atomic mass is 10.1. The second-order valence-electron chi connectivity index (χ2n) is 2.57. The van der Waals surface area contributed by atoms with E-state index in [0.717, 1.165) is 17.1 Å². The van der Waals surface area contributed by atoms with Gasteiger partial charge in [-0.25, -0.2) is 0 Å². The van der Waals surface area contributed by atoms with Gasteiger partial charge in [0.15, 0.2) is 6.29 Å². The first-order valence-corrected chi connectivity index (χ1v) is 3.70. The standard InChI is InChI=1S/C10H7NO.ClH/c12-7-10-5-8-3-1-2-4-9(8)6-11-10;/h1-7H;1H. The number of rotatable bonds is 1.